The van der Waals surface area contributed by atoms with E-state index in [1.807, 2.05) is 0 Å². The van der Waals surface area contributed by atoms with E-state index >= 15 is 0 Å². The molecule has 0 bridgehead atoms. The van der Waals surface area contributed by atoms with Crippen LogP contribution in [-0.2, 0) is 57.6 Å². The van der Waals surface area contributed by atoms with Crippen LogP contribution in [0.25, 0.3) is 10.9 Å². The summed E-state index contributed by atoms with van der Waals surface area (Å²) in [4.78, 5) is 113. The largest absolute Gasteiger partial charge is 0.508 e. The molecule has 75 heavy (non-hydrogen) atoms. The number of carbonyl (C=O) groups excluding carboxylic acids is 7. The van der Waals surface area contributed by atoms with Crippen LogP contribution in [0.5, 0.6) is 11.5 Å². The first-order valence-corrected chi connectivity index (χ1v) is 24.4. The molecule has 23 nitrogen and oxygen atoms in total. The highest BCUT2D eigenvalue weighted by Crippen LogP contribution is 2.21. The third-order valence-electron chi connectivity index (χ3n) is 12.5. The number of likely N-dealkylation sites (N-methyl/N-ethyl adjacent to an activating group) is 1. The van der Waals surface area contributed by atoms with E-state index in [4.69, 9.17) is 16.9 Å². The summed E-state index contributed by atoms with van der Waals surface area (Å²) < 4.78 is 14.7. The van der Waals surface area contributed by atoms with Crippen molar-refractivity contribution in [1.82, 2.24) is 47.3 Å². The fourth-order valence-electron chi connectivity index (χ4n) is 8.25. The Morgan fingerprint density at radius 3 is 1.71 bits per heavy atom. The number of fused-ring (bicyclic) bond motifs is 1. The minimum Gasteiger partial charge on any atom is -0.508 e. The molecule has 0 aliphatic rings. The van der Waals surface area contributed by atoms with Gasteiger partial charge in [0.15, 0.2) is 5.96 Å². The smallest absolute Gasteiger partial charge is 0.326 e. The number of para-hydroxylation sites is 1. The lowest BCUT2D eigenvalue weighted by Gasteiger charge is -2.30. The molecule has 8 atom stereocenters. The van der Waals surface area contributed by atoms with E-state index in [1.165, 1.54) is 48.5 Å². The van der Waals surface area contributed by atoms with Gasteiger partial charge in [-0.05, 0) is 71.7 Å². The number of phenols is 2. The summed E-state index contributed by atoms with van der Waals surface area (Å²) in [5.74, 6) is -9.70. The number of H-pyrrole nitrogens is 1. The van der Waals surface area contributed by atoms with E-state index in [1.54, 1.807) is 58.2 Å². The maximum absolute atomic E-state index is 14.7. The van der Waals surface area contributed by atoms with Gasteiger partial charge in [-0.15, -0.1) is 9.60 Å². The van der Waals surface area contributed by atoms with Crippen LogP contribution >= 0.6 is 0 Å². The molecule has 0 saturated heterocycles. The van der Waals surface area contributed by atoms with Gasteiger partial charge in [0.1, 0.15) is 53.8 Å². The summed E-state index contributed by atoms with van der Waals surface area (Å²) in [7, 11) is 1.06. The van der Waals surface area contributed by atoms with Gasteiger partial charge in [-0.3, -0.25) is 39.0 Å². The molecule has 1 aromatic heterocycles. The van der Waals surface area contributed by atoms with Crippen LogP contribution < -0.4 is 48.7 Å². The number of amides is 7. The molecule has 0 aliphatic heterocycles. The zero-order valence-electron chi connectivity index (χ0n) is 42.4. The zero-order valence-corrected chi connectivity index (χ0v) is 42.4. The lowest BCUT2D eigenvalue weighted by Crippen LogP contribution is -2.61. The first kappa shape index (κ1) is 59.3. The van der Waals surface area contributed by atoms with E-state index in [2.05, 4.69) is 42.2 Å². The van der Waals surface area contributed by atoms with Gasteiger partial charge in [0, 0.05) is 50.0 Å². The van der Waals surface area contributed by atoms with Crippen molar-refractivity contribution in [2.45, 2.75) is 115 Å². The predicted octanol–water partition coefficient (Wildman–Crippen LogP) is 0.626. The molecule has 0 spiro atoms. The molecule has 24 heteroatoms. The number of nitrogens with two attached hydrogens (primary N) is 2. The highest BCUT2D eigenvalue weighted by Gasteiger charge is 2.37. The van der Waals surface area contributed by atoms with Crippen LogP contribution in [0.3, 0.4) is 0 Å². The summed E-state index contributed by atoms with van der Waals surface area (Å²) >= 11 is 0. The summed E-state index contributed by atoms with van der Waals surface area (Å²) in [5, 5.41) is 56.2. The number of hydrogen-bond acceptors (Lipinski definition) is 12. The average molecular weight is 1050 g/mol. The molecule has 0 radical (unpaired) electrons. The van der Waals surface area contributed by atoms with Crippen LogP contribution in [-0.4, -0.2) is 135 Å². The van der Waals surface area contributed by atoms with Crippen molar-refractivity contribution in [1.29, 1.82) is 5.41 Å². The molecule has 3 aromatic carbocycles. The van der Waals surface area contributed by atoms with Gasteiger partial charge in [0.25, 0.3) is 0 Å². The molecule has 406 valence electrons. The SMILES string of the molecule is CC[C@H](C)[C@H](NC(=O)[C@H](Cc1ccc(O)cc1)NC(=O)[C@H](CC(N)=O)NC(=O)[C@H](Cc1c[nH]c2ccccc12)NC(=O)[C@H](C(C)C)N(C)F)C(=O)N[C@@H](CCCNC(=N)N)C(=O)N[C@@H](Cc1ccc(O)cc1)C(=O)O. The topological polar surface area (TPSA) is 376 Å². The third kappa shape index (κ3) is 18.3. The maximum atomic E-state index is 14.7. The number of aromatic nitrogens is 1. The number of carbonyl (C=O) groups is 8. The Balaban J connectivity index is 1.64. The van der Waals surface area contributed by atoms with Gasteiger partial charge in [-0.1, -0.05) is 76.6 Å². The van der Waals surface area contributed by atoms with Crippen molar-refractivity contribution in [3.8, 4) is 11.5 Å². The van der Waals surface area contributed by atoms with E-state index < -0.39 is 108 Å². The first-order valence-electron chi connectivity index (χ1n) is 24.4. The monoisotopic (exact) mass is 1040 g/mol. The number of primary amides is 1. The molecular formula is C51H69FN12O11. The number of aliphatic carboxylic acids is 1. The summed E-state index contributed by atoms with van der Waals surface area (Å²) in [6, 6.07) is 8.09. The summed E-state index contributed by atoms with van der Waals surface area (Å²) in [5.41, 5.74) is 13.2. The van der Waals surface area contributed by atoms with Crippen LogP contribution in [0.15, 0.2) is 79.0 Å². The number of carboxylic acid groups (broad SMARTS) is 1. The molecule has 0 aliphatic carbocycles. The predicted molar refractivity (Wildman–Crippen MR) is 275 cm³/mol. The van der Waals surface area contributed by atoms with Gasteiger partial charge in [-0.2, -0.15) is 0 Å². The normalized spacial score (nSPS) is 14.5. The lowest BCUT2D eigenvalue weighted by atomic mass is 9.96. The Hall–Kier alpha value is -8.28. The standard InChI is InChI=1S/C51H69FN12O11/c1-6-28(4)42(48(72)58-36(12-9-21-56-51(54)55)44(68)62-40(50(74)75)23-30-15-19-33(66)20-16-30)63-47(71)37(22-29-13-17-32(65)18-14-29)59-46(70)39(25-41(53)67)60-45(69)38(61-49(73)43(27(2)3)64(5)52)24-31-26-57-35-11-8-7-10-34(31)35/h7-8,10-11,13-20,26-28,36-40,42-43,57,65-66H,6,9,12,21-25H2,1-5H3,(H2,53,67)(H,58,72)(H,59,70)(H,60,69)(H,61,73)(H,62,68)(H,63,71)(H,74,75)(H4,54,55,56)/t28-,36-,37-,38-,39-,40-,42-,43-/m0/s1. The van der Waals surface area contributed by atoms with Gasteiger partial charge in [0.2, 0.25) is 41.4 Å². The number of aromatic hydroxyl groups is 2. The van der Waals surface area contributed by atoms with Crippen molar-refractivity contribution < 1.29 is 58.2 Å². The Morgan fingerprint density at radius 2 is 1.16 bits per heavy atom. The van der Waals surface area contributed by atoms with Gasteiger partial charge in [-0.25, -0.2) is 4.79 Å². The minimum absolute atomic E-state index is 0.0549. The lowest BCUT2D eigenvalue weighted by molar-refractivity contribution is -0.142. The molecule has 1 heterocycles. The number of nitrogens with zero attached hydrogens (tertiary/aromatic N) is 1. The van der Waals surface area contributed by atoms with Crippen molar-refractivity contribution in [3.63, 3.8) is 0 Å². The zero-order chi connectivity index (χ0) is 55.5. The van der Waals surface area contributed by atoms with E-state index in [9.17, 15) is 58.2 Å². The van der Waals surface area contributed by atoms with Crippen LogP contribution in [0, 0.1) is 17.2 Å². The van der Waals surface area contributed by atoms with Crippen molar-refractivity contribution in [2.24, 2.45) is 23.3 Å². The fraction of sp³-hybridized carbons (Fsp3) is 0.431. The first-order chi connectivity index (χ1) is 35.5. The Kier molecular flexibility index (Phi) is 22.3. The second-order valence-corrected chi connectivity index (χ2v) is 18.7. The maximum Gasteiger partial charge on any atom is 0.326 e. The molecular weight excluding hydrogens is 976 g/mol. The van der Waals surface area contributed by atoms with Crippen molar-refractivity contribution in [2.75, 3.05) is 13.6 Å². The quantitative estimate of drug-likeness (QED) is 0.0154. The Morgan fingerprint density at radius 1 is 0.667 bits per heavy atom. The molecule has 0 saturated carbocycles. The van der Waals surface area contributed by atoms with Crippen LogP contribution in [0.4, 0.5) is 4.48 Å². The fourth-order valence-corrected chi connectivity index (χ4v) is 8.25. The van der Waals surface area contributed by atoms with Gasteiger partial charge >= 0.3 is 5.97 Å². The second-order valence-electron chi connectivity index (χ2n) is 18.7. The number of halogens is 1. The van der Waals surface area contributed by atoms with E-state index in [-0.39, 0.29) is 61.2 Å². The summed E-state index contributed by atoms with van der Waals surface area (Å²) in [6.45, 7) is 6.69. The number of benzene rings is 3. The number of nitrogens with one attached hydrogen (secondary N) is 9. The molecule has 4 aromatic rings. The molecule has 16 N–H and O–H groups in total. The highest BCUT2D eigenvalue weighted by molar-refractivity contribution is 5.99. The minimum atomic E-state index is -1.76. The third-order valence-corrected chi connectivity index (χ3v) is 12.5. The van der Waals surface area contributed by atoms with Crippen LogP contribution in [0.2, 0.25) is 0 Å². The van der Waals surface area contributed by atoms with E-state index in [0.717, 1.165) is 12.6 Å². The molecule has 7 amide bonds. The Bertz CT molecular complexity index is 2620. The molecule has 0 fully saturated rings. The molecule has 0 unspecified atom stereocenters. The summed E-state index contributed by atoms with van der Waals surface area (Å²) in [6.07, 6.45) is 0.584. The number of rotatable bonds is 29. The number of phenolic OH excluding ortho intramolecular Hbond substituents is 2. The van der Waals surface area contributed by atoms with Gasteiger partial charge < -0.3 is 69.0 Å². The van der Waals surface area contributed by atoms with Crippen molar-refractivity contribution in [3.05, 3.63) is 95.7 Å². The number of hydrogen-bond donors (Lipinski definition) is 14. The Labute approximate surface area is 432 Å². The number of carboxylic acids is 1. The van der Waals surface area contributed by atoms with E-state index in [0.29, 0.717) is 28.5 Å². The highest BCUT2D eigenvalue weighted by atomic mass is 19.2. The molecule has 4 rings (SSSR count). The average Bonchev–Trinajstić information content (AvgIpc) is 3.75. The number of guanidine groups is 1. The second kappa shape index (κ2) is 28.2. The number of aromatic amines is 1. The van der Waals surface area contributed by atoms with Crippen molar-refractivity contribution >= 4 is 64.2 Å². The van der Waals surface area contributed by atoms with Crippen LogP contribution in [0.1, 0.15) is 70.1 Å². The van der Waals surface area contributed by atoms with Gasteiger partial charge in [0.05, 0.1) is 6.42 Å².